The molecule has 0 unspecified atom stereocenters. The van der Waals surface area contributed by atoms with Gasteiger partial charge in [0.1, 0.15) is 12.3 Å². The van der Waals surface area contributed by atoms with Crippen LogP contribution in [0, 0.1) is 0 Å². The maximum absolute atomic E-state index is 14.7. The van der Waals surface area contributed by atoms with Crippen LogP contribution in [0.15, 0.2) is 34.7 Å². The van der Waals surface area contributed by atoms with Gasteiger partial charge in [0.15, 0.2) is 6.29 Å². The molecule has 1 aliphatic heterocycles. The largest absolute Gasteiger partial charge is 0.416 e. The molecule has 3 rings (SSSR count). The third-order valence-electron chi connectivity index (χ3n) is 7.59. The maximum atomic E-state index is 14.7. The minimum atomic E-state index is -4.62. The monoisotopic (exact) mass is 636 g/mol. The van der Waals surface area contributed by atoms with E-state index in [0.29, 0.717) is 24.5 Å². The Morgan fingerprint density at radius 2 is 1.77 bits per heavy atom. The van der Waals surface area contributed by atoms with E-state index < -0.39 is 35.1 Å². The predicted octanol–water partition coefficient (Wildman–Crippen LogP) is 3.62. The number of hydrogen-bond donors (Lipinski definition) is 2. The highest BCUT2D eigenvalue weighted by molar-refractivity contribution is 6.33. The number of halogens is 6. The van der Waals surface area contributed by atoms with Crippen LogP contribution in [0.25, 0.3) is 0 Å². The summed E-state index contributed by atoms with van der Waals surface area (Å²) in [6.45, 7) is 4.62. The number of alkyl halides is 5. The van der Waals surface area contributed by atoms with Crippen molar-refractivity contribution < 1.29 is 41.4 Å². The Morgan fingerprint density at radius 1 is 1.16 bits per heavy atom. The quantitative estimate of drug-likeness (QED) is 0.0901. The second kappa shape index (κ2) is 13.5. The lowest BCUT2D eigenvalue weighted by Gasteiger charge is -2.45. The lowest BCUT2D eigenvalue weighted by atomic mass is 9.75. The lowest BCUT2D eigenvalue weighted by Crippen LogP contribution is -2.63. The molecule has 0 aromatic heterocycles. The van der Waals surface area contributed by atoms with E-state index in [2.05, 4.69) is 17.1 Å². The van der Waals surface area contributed by atoms with Crippen molar-refractivity contribution in [2.75, 3.05) is 51.8 Å². The van der Waals surface area contributed by atoms with Crippen LogP contribution in [0.3, 0.4) is 0 Å². The molecule has 16 heteroatoms. The lowest BCUT2D eigenvalue weighted by molar-refractivity contribution is -0.224. The molecule has 1 saturated heterocycles. The molecule has 1 saturated carbocycles. The molecule has 1 heterocycles. The first kappa shape index (κ1) is 34.0. The van der Waals surface area contributed by atoms with Crippen LogP contribution in [0.4, 0.5) is 27.6 Å². The number of carbonyl (C=O) groups excluding carboxylic acids is 3. The average molecular weight is 637 g/mol. The molecular formula is C27H34ClF5N6O4. The molecule has 0 atom stereocenters. The third kappa shape index (κ3) is 7.55. The summed E-state index contributed by atoms with van der Waals surface area (Å²) in [7, 11) is 1.57. The first-order valence-electron chi connectivity index (χ1n) is 13.5. The number of hydrazone groups is 1. The molecule has 2 N–H and O–H groups in total. The zero-order chi connectivity index (χ0) is 32.2. The van der Waals surface area contributed by atoms with Crippen LogP contribution in [-0.2, 0) is 20.6 Å². The van der Waals surface area contributed by atoms with Gasteiger partial charge in [-0.05, 0) is 43.9 Å². The number of rotatable bonds is 12. The van der Waals surface area contributed by atoms with Gasteiger partial charge < -0.3 is 25.1 Å². The highest BCUT2D eigenvalue weighted by Gasteiger charge is 2.62. The van der Waals surface area contributed by atoms with Crippen molar-refractivity contribution in [2.24, 2.45) is 5.10 Å². The van der Waals surface area contributed by atoms with Crippen LogP contribution in [-0.4, -0.2) is 108 Å². The molecule has 2 amide bonds. The average Bonchev–Trinajstić information content (AvgIpc) is 2.94. The Balaban J connectivity index is 1.78. The number of piperazine rings is 1. The van der Waals surface area contributed by atoms with Gasteiger partial charge in [0, 0.05) is 45.6 Å². The highest BCUT2D eigenvalue weighted by Crippen LogP contribution is 2.45. The van der Waals surface area contributed by atoms with Crippen molar-refractivity contribution in [3.05, 3.63) is 40.2 Å². The highest BCUT2D eigenvalue weighted by atomic mass is 35.5. The predicted molar refractivity (Wildman–Crippen MR) is 149 cm³/mol. The van der Waals surface area contributed by atoms with Crippen LogP contribution in [0.1, 0.15) is 38.2 Å². The summed E-state index contributed by atoms with van der Waals surface area (Å²) in [5.74, 6) is -6.03. The minimum absolute atomic E-state index is 0.0125. The van der Waals surface area contributed by atoms with Gasteiger partial charge in [-0.25, -0.2) is 0 Å². The number of amides is 2. The van der Waals surface area contributed by atoms with Gasteiger partial charge in [0.25, 0.3) is 5.91 Å². The van der Waals surface area contributed by atoms with Crippen molar-refractivity contribution in [3.8, 4) is 0 Å². The van der Waals surface area contributed by atoms with Crippen LogP contribution in [0.2, 0.25) is 5.02 Å². The van der Waals surface area contributed by atoms with Crippen LogP contribution in [0.5, 0.6) is 0 Å². The summed E-state index contributed by atoms with van der Waals surface area (Å²) < 4.78 is 68.4. The Bertz CT molecular complexity index is 1250. The fourth-order valence-electron chi connectivity index (χ4n) is 4.94. The summed E-state index contributed by atoms with van der Waals surface area (Å²) in [6, 6.07) is 2.51. The Labute approximate surface area is 250 Å². The number of hydrogen-bond acceptors (Lipinski definition) is 8. The molecule has 0 bridgehead atoms. The van der Waals surface area contributed by atoms with Gasteiger partial charge in [-0.3, -0.25) is 19.4 Å². The van der Waals surface area contributed by atoms with Crippen LogP contribution < -0.4 is 5.32 Å². The summed E-state index contributed by atoms with van der Waals surface area (Å²) in [5, 5.41) is 17.5. The number of nitrogens with one attached hydrogen (secondary N) is 1. The van der Waals surface area contributed by atoms with Gasteiger partial charge >= 0.3 is 12.1 Å². The summed E-state index contributed by atoms with van der Waals surface area (Å²) in [6.07, 6.45) is -3.71. The van der Waals surface area contributed by atoms with E-state index in [1.54, 1.807) is 18.9 Å². The van der Waals surface area contributed by atoms with Crippen molar-refractivity contribution in [2.45, 2.75) is 50.3 Å². The Hall–Kier alpha value is -3.46. The molecule has 2 aliphatic rings. The number of benzene rings is 1. The van der Waals surface area contributed by atoms with E-state index in [1.165, 1.54) is 9.91 Å². The van der Waals surface area contributed by atoms with Gasteiger partial charge in [-0.15, -0.1) is 0 Å². The van der Waals surface area contributed by atoms with E-state index in [9.17, 15) is 41.4 Å². The number of allylic oxidation sites excluding steroid dienone is 2. The molecule has 238 valence electrons. The second-order valence-electron chi connectivity index (χ2n) is 10.4. The van der Waals surface area contributed by atoms with E-state index >= 15 is 0 Å². The normalized spacial score (nSPS) is 17.4. The van der Waals surface area contributed by atoms with E-state index in [0.717, 1.165) is 17.0 Å². The first-order chi connectivity index (χ1) is 20.1. The van der Waals surface area contributed by atoms with E-state index in [-0.39, 0.29) is 75.1 Å². The van der Waals surface area contributed by atoms with Gasteiger partial charge in [-0.1, -0.05) is 18.5 Å². The Kier molecular flexibility index (Phi) is 10.6. The van der Waals surface area contributed by atoms with Crippen molar-refractivity contribution in [1.29, 1.82) is 0 Å². The van der Waals surface area contributed by atoms with Gasteiger partial charge in [0.05, 0.1) is 28.5 Å². The van der Waals surface area contributed by atoms with E-state index in [1.807, 2.05) is 0 Å². The topological polar surface area (TPSA) is 109 Å². The molecule has 43 heavy (non-hydrogen) atoms. The SMILES string of the molecule is C=NN(C)CN(CC(=O)Nc1ccc(C(F)(F)F)cc1Cl)/C(CC)=C(\C=O)N1CCN(C(=O)C(F)(F)C2(O)CCC2)CC1. The smallest absolute Gasteiger partial charge is 0.383 e. The number of nitrogens with zero attached hydrogens (tertiary/aromatic N) is 5. The van der Waals surface area contributed by atoms with Crippen molar-refractivity contribution in [1.82, 2.24) is 19.7 Å². The number of aliphatic hydroxyl groups is 1. The minimum Gasteiger partial charge on any atom is -0.383 e. The fraction of sp³-hybridized carbons (Fsp3) is 0.556. The standard InChI is InChI=1S/C27H34ClF5N6O4/c1-4-21(22(16-40)37-10-12-38(13-11-37)24(42)26(29,30)25(43)8-5-9-25)39(17-36(3)34-2)15-23(41)35-20-7-6-18(14-19(20)28)27(31,32)33/h6-7,14,16,43H,2,4-5,8-13,15,17H2,1,3H3,(H,35,41)/b22-21+. The molecule has 0 spiro atoms. The van der Waals surface area contributed by atoms with E-state index in [4.69, 9.17) is 11.6 Å². The number of aldehydes is 1. The maximum Gasteiger partial charge on any atom is 0.416 e. The molecule has 2 fully saturated rings. The fourth-order valence-corrected chi connectivity index (χ4v) is 5.17. The molecular weight excluding hydrogens is 603 g/mol. The van der Waals surface area contributed by atoms with Gasteiger partial charge in [0.2, 0.25) is 5.91 Å². The summed E-state index contributed by atoms with van der Waals surface area (Å²) in [5.41, 5.74) is -2.81. The van der Waals surface area contributed by atoms with Crippen molar-refractivity contribution in [3.63, 3.8) is 0 Å². The summed E-state index contributed by atoms with van der Waals surface area (Å²) in [4.78, 5) is 42.0. The molecule has 10 nitrogen and oxygen atoms in total. The first-order valence-corrected chi connectivity index (χ1v) is 13.9. The number of anilines is 1. The zero-order valence-corrected chi connectivity index (χ0v) is 24.5. The van der Waals surface area contributed by atoms with Crippen molar-refractivity contribution >= 4 is 42.1 Å². The molecule has 1 aliphatic carbocycles. The molecule has 0 radical (unpaired) electrons. The second-order valence-corrected chi connectivity index (χ2v) is 10.8. The number of carbonyl (C=O) groups is 3. The Morgan fingerprint density at radius 3 is 2.23 bits per heavy atom. The zero-order valence-electron chi connectivity index (χ0n) is 23.8. The third-order valence-corrected chi connectivity index (χ3v) is 7.90. The molecule has 1 aromatic carbocycles. The van der Waals surface area contributed by atoms with Gasteiger partial charge in [-0.2, -0.15) is 27.1 Å². The molecule has 1 aromatic rings. The summed E-state index contributed by atoms with van der Waals surface area (Å²) >= 11 is 5.97. The van der Waals surface area contributed by atoms with Crippen LogP contribution >= 0.6 is 11.6 Å².